The van der Waals surface area contributed by atoms with Crippen molar-refractivity contribution in [2.45, 2.75) is 19.0 Å². The lowest BCUT2D eigenvalue weighted by molar-refractivity contribution is -0.138. The Morgan fingerprint density at radius 2 is 1.94 bits per heavy atom. The van der Waals surface area contributed by atoms with E-state index in [-0.39, 0.29) is 24.2 Å². The Morgan fingerprint density at radius 1 is 1.31 bits per heavy atom. The first-order valence-corrected chi connectivity index (χ1v) is 4.49. The maximum atomic E-state index is 12.7. The Bertz CT molecular complexity index is 398. The first kappa shape index (κ1) is 12.5. The van der Waals surface area contributed by atoms with Gasteiger partial charge in [0.1, 0.15) is 5.82 Å². The molecular weight excluding hydrogens is 224 g/mol. The van der Waals surface area contributed by atoms with Crippen LogP contribution in [-0.4, -0.2) is 5.84 Å². The second-order valence-electron chi connectivity index (χ2n) is 3.32. The minimum Gasteiger partial charge on any atom is -0.388 e. The Hall–Kier alpha value is -1.59. The van der Waals surface area contributed by atoms with Gasteiger partial charge in [-0.05, 0) is 24.1 Å². The van der Waals surface area contributed by atoms with Crippen LogP contribution in [0.5, 0.6) is 0 Å². The number of aryl methyl sites for hydroxylation is 1. The van der Waals surface area contributed by atoms with Crippen molar-refractivity contribution in [3.8, 4) is 0 Å². The molecule has 0 radical (unpaired) electrons. The summed E-state index contributed by atoms with van der Waals surface area (Å²) in [4.78, 5) is 0. The fourth-order valence-corrected chi connectivity index (χ4v) is 1.30. The van der Waals surface area contributed by atoms with Crippen molar-refractivity contribution in [1.82, 2.24) is 0 Å². The standard InChI is InChI=1S/C10H10F4N2/c11-7-3-1-6(2-4-9(15)16)8(5-7)10(12,13)14/h1,3,5H,2,4H2,(H3,15,16). The van der Waals surface area contributed by atoms with Crippen LogP contribution in [0, 0.1) is 11.2 Å². The molecule has 0 aliphatic rings. The predicted molar refractivity (Wildman–Crippen MR) is 51.6 cm³/mol. The van der Waals surface area contributed by atoms with Crippen LogP contribution in [0.25, 0.3) is 0 Å². The molecule has 1 rings (SSSR count). The SMILES string of the molecule is N=C(N)CCc1ccc(F)cc1C(F)(F)F. The molecule has 0 heterocycles. The number of hydrogen-bond acceptors (Lipinski definition) is 1. The second-order valence-corrected chi connectivity index (χ2v) is 3.32. The van der Waals surface area contributed by atoms with Gasteiger partial charge in [0.2, 0.25) is 0 Å². The number of amidine groups is 1. The molecule has 0 spiro atoms. The first-order valence-electron chi connectivity index (χ1n) is 4.49. The zero-order valence-electron chi connectivity index (χ0n) is 8.24. The van der Waals surface area contributed by atoms with Crippen LogP contribution in [0.1, 0.15) is 17.5 Å². The molecule has 0 amide bonds. The van der Waals surface area contributed by atoms with E-state index in [0.717, 1.165) is 12.1 Å². The van der Waals surface area contributed by atoms with E-state index in [0.29, 0.717) is 6.07 Å². The molecule has 1 aromatic carbocycles. The lowest BCUT2D eigenvalue weighted by Gasteiger charge is -2.12. The highest BCUT2D eigenvalue weighted by atomic mass is 19.4. The predicted octanol–water partition coefficient (Wildman–Crippen LogP) is 2.71. The summed E-state index contributed by atoms with van der Waals surface area (Å²) in [6, 6.07) is 2.49. The van der Waals surface area contributed by atoms with E-state index in [2.05, 4.69) is 0 Å². The van der Waals surface area contributed by atoms with Gasteiger partial charge in [-0.2, -0.15) is 13.2 Å². The number of nitrogens with two attached hydrogens (primary N) is 1. The third-order valence-corrected chi connectivity index (χ3v) is 2.04. The van der Waals surface area contributed by atoms with Gasteiger partial charge < -0.3 is 5.73 Å². The van der Waals surface area contributed by atoms with Crippen LogP contribution in [-0.2, 0) is 12.6 Å². The van der Waals surface area contributed by atoms with Crippen molar-refractivity contribution >= 4 is 5.84 Å². The topological polar surface area (TPSA) is 49.9 Å². The molecule has 3 N–H and O–H groups in total. The Morgan fingerprint density at radius 3 is 2.44 bits per heavy atom. The Labute approximate surface area is 89.6 Å². The minimum absolute atomic E-state index is 0.0225. The van der Waals surface area contributed by atoms with Crippen LogP contribution >= 0.6 is 0 Å². The van der Waals surface area contributed by atoms with Gasteiger partial charge in [0, 0.05) is 6.42 Å². The van der Waals surface area contributed by atoms with Crippen LogP contribution in [0.3, 0.4) is 0 Å². The zero-order chi connectivity index (χ0) is 12.3. The van der Waals surface area contributed by atoms with Crippen LogP contribution in [0.2, 0.25) is 0 Å². The molecule has 0 bridgehead atoms. The average Bonchev–Trinajstić information content (AvgIpc) is 2.14. The molecular formula is C10H10F4N2. The molecule has 16 heavy (non-hydrogen) atoms. The third-order valence-electron chi connectivity index (χ3n) is 2.04. The van der Waals surface area contributed by atoms with Gasteiger partial charge in [-0.3, -0.25) is 5.41 Å². The van der Waals surface area contributed by atoms with Crippen molar-refractivity contribution in [2.75, 3.05) is 0 Å². The van der Waals surface area contributed by atoms with E-state index >= 15 is 0 Å². The number of halogens is 4. The van der Waals surface area contributed by atoms with Gasteiger partial charge in [-0.1, -0.05) is 6.07 Å². The zero-order valence-corrected chi connectivity index (χ0v) is 8.24. The van der Waals surface area contributed by atoms with Crippen LogP contribution < -0.4 is 5.73 Å². The molecule has 0 aliphatic heterocycles. The molecule has 0 fully saturated rings. The monoisotopic (exact) mass is 234 g/mol. The highest BCUT2D eigenvalue weighted by Gasteiger charge is 2.33. The van der Waals surface area contributed by atoms with Gasteiger partial charge in [0.25, 0.3) is 0 Å². The summed E-state index contributed by atoms with van der Waals surface area (Å²) >= 11 is 0. The molecule has 0 unspecified atom stereocenters. The molecule has 6 heteroatoms. The van der Waals surface area contributed by atoms with Gasteiger partial charge in [0.15, 0.2) is 0 Å². The van der Waals surface area contributed by atoms with E-state index < -0.39 is 17.6 Å². The molecule has 0 aromatic heterocycles. The summed E-state index contributed by atoms with van der Waals surface area (Å²) in [5, 5.41) is 6.93. The second kappa shape index (κ2) is 4.51. The summed E-state index contributed by atoms with van der Waals surface area (Å²) < 4.78 is 50.2. The van der Waals surface area contributed by atoms with E-state index in [1.807, 2.05) is 0 Å². The van der Waals surface area contributed by atoms with E-state index in [1.54, 1.807) is 0 Å². The van der Waals surface area contributed by atoms with Gasteiger partial charge in [0.05, 0.1) is 11.4 Å². The molecule has 0 saturated heterocycles. The van der Waals surface area contributed by atoms with E-state index in [9.17, 15) is 17.6 Å². The maximum Gasteiger partial charge on any atom is 0.416 e. The summed E-state index contributed by atoms with van der Waals surface area (Å²) in [7, 11) is 0. The molecule has 1 aromatic rings. The Balaban J connectivity index is 3.03. The maximum absolute atomic E-state index is 12.7. The molecule has 0 aliphatic carbocycles. The van der Waals surface area contributed by atoms with Crippen molar-refractivity contribution in [2.24, 2.45) is 5.73 Å². The van der Waals surface area contributed by atoms with E-state index in [1.165, 1.54) is 0 Å². The first-order chi connectivity index (χ1) is 7.30. The van der Waals surface area contributed by atoms with Crippen LogP contribution in [0.15, 0.2) is 18.2 Å². The summed E-state index contributed by atoms with van der Waals surface area (Å²) in [5.74, 6) is -1.13. The molecule has 0 atom stereocenters. The van der Waals surface area contributed by atoms with Gasteiger partial charge >= 0.3 is 6.18 Å². The van der Waals surface area contributed by atoms with Crippen molar-refractivity contribution in [3.63, 3.8) is 0 Å². The number of rotatable bonds is 3. The average molecular weight is 234 g/mol. The molecule has 0 saturated carbocycles. The third kappa shape index (κ3) is 3.22. The summed E-state index contributed by atoms with van der Waals surface area (Å²) in [6.07, 6.45) is -4.59. The fraction of sp³-hybridized carbons (Fsp3) is 0.300. The van der Waals surface area contributed by atoms with Crippen molar-refractivity contribution in [3.05, 3.63) is 35.1 Å². The molecule has 2 nitrogen and oxygen atoms in total. The highest BCUT2D eigenvalue weighted by Crippen LogP contribution is 2.32. The van der Waals surface area contributed by atoms with Crippen LogP contribution in [0.4, 0.5) is 17.6 Å². The van der Waals surface area contributed by atoms with Crippen molar-refractivity contribution < 1.29 is 17.6 Å². The fourth-order valence-electron chi connectivity index (χ4n) is 1.30. The summed E-state index contributed by atoms with van der Waals surface area (Å²) in [6.45, 7) is 0. The van der Waals surface area contributed by atoms with E-state index in [4.69, 9.17) is 11.1 Å². The largest absolute Gasteiger partial charge is 0.416 e. The number of hydrogen-bond donors (Lipinski definition) is 2. The minimum atomic E-state index is -4.59. The lowest BCUT2D eigenvalue weighted by Crippen LogP contribution is -2.14. The molecule has 88 valence electrons. The number of nitrogens with one attached hydrogen (secondary N) is 1. The number of benzene rings is 1. The summed E-state index contributed by atoms with van der Waals surface area (Å²) in [5.41, 5.74) is 4.00. The normalized spacial score (nSPS) is 11.5. The number of alkyl halides is 3. The highest BCUT2D eigenvalue weighted by molar-refractivity contribution is 5.77. The van der Waals surface area contributed by atoms with Gasteiger partial charge in [-0.15, -0.1) is 0 Å². The van der Waals surface area contributed by atoms with Gasteiger partial charge in [-0.25, -0.2) is 4.39 Å². The Kier molecular flexibility index (Phi) is 3.51. The lowest BCUT2D eigenvalue weighted by atomic mass is 10.0. The quantitative estimate of drug-likeness (QED) is 0.471. The smallest absolute Gasteiger partial charge is 0.388 e. The van der Waals surface area contributed by atoms with Crippen molar-refractivity contribution in [1.29, 1.82) is 5.41 Å².